The number of halogens is 1. The summed E-state index contributed by atoms with van der Waals surface area (Å²) in [7, 11) is 0. The van der Waals surface area contributed by atoms with Crippen LogP contribution in [0.1, 0.15) is 17.5 Å². The fourth-order valence-electron chi connectivity index (χ4n) is 3.23. The van der Waals surface area contributed by atoms with Crippen LogP contribution in [-0.2, 0) is 27.5 Å². The van der Waals surface area contributed by atoms with E-state index in [1.165, 1.54) is 11.1 Å². The number of nitrogens with zero attached hydrogens (tertiary/aromatic N) is 4. The molecule has 34 heavy (non-hydrogen) atoms. The van der Waals surface area contributed by atoms with Crippen LogP contribution in [0.4, 0.5) is 5.95 Å². The van der Waals surface area contributed by atoms with Crippen LogP contribution in [-0.4, -0.2) is 45.4 Å². The molecule has 0 aliphatic heterocycles. The number of hydrogen-bond acceptors (Lipinski definition) is 7. The minimum Gasteiger partial charge on any atom is -0.405 e. The van der Waals surface area contributed by atoms with Gasteiger partial charge in [0.1, 0.15) is 11.8 Å². The Balaban J connectivity index is 1.42. The van der Waals surface area contributed by atoms with Crippen molar-refractivity contribution in [2.24, 2.45) is 0 Å². The van der Waals surface area contributed by atoms with Crippen LogP contribution in [0.5, 0.6) is 0 Å². The second-order valence-electron chi connectivity index (χ2n) is 7.40. The highest BCUT2D eigenvalue weighted by atomic mass is 35.5. The molecular weight excluding hydrogens is 458 g/mol. The van der Waals surface area contributed by atoms with Crippen LogP contribution in [0.3, 0.4) is 0 Å². The molecule has 0 aliphatic carbocycles. The molecule has 2 heterocycles. The van der Waals surface area contributed by atoms with Crippen molar-refractivity contribution in [1.82, 2.24) is 19.7 Å². The molecule has 176 valence electrons. The summed E-state index contributed by atoms with van der Waals surface area (Å²) in [5, 5.41) is 2.50. The van der Waals surface area contributed by atoms with Crippen LogP contribution < -0.4 is 10.2 Å². The fourth-order valence-corrected chi connectivity index (χ4v) is 3.44. The molecule has 0 unspecified atom stereocenters. The molecule has 0 spiro atoms. The van der Waals surface area contributed by atoms with Gasteiger partial charge in [-0.2, -0.15) is 14.7 Å². The summed E-state index contributed by atoms with van der Waals surface area (Å²) in [5.74, 6) is 0.0564. The largest absolute Gasteiger partial charge is 0.405 e. The van der Waals surface area contributed by atoms with E-state index >= 15 is 0 Å². The van der Waals surface area contributed by atoms with E-state index in [-0.39, 0.29) is 17.2 Å². The number of rotatable bonds is 13. The molecule has 0 saturated carbocycles. The summed E-state index contributed by atoms with van der Waals surface area (Å²) in [5.41, 5.74) is 2.87. The monoisotopic (exact) mass is 481 g/mol. The van der Waals surface area contributed by atoms with E-state index in [0.717, 1.165) is 11.1 Å². The van der Waals surface area contributed by atoms with E-state index in [2.05, 4.69) is 20.3 Å². The van der Waals surface area contributed by atoms with Crippen molar-refractivity contribution in [3.8, 4) is 0 Å². The zero-order chi connectivity index (χ0) is 23.6. The van der Waals surface area contributed by atoms with Gasteiger partial charge in [-0.25, -0.2) is 4.98 Å². The number of carbonyl (C=O) groups excluding carboxylic acids is 1. The van der Waals surface area contributed by atoms with Crippen molar-refractivity contribution in [2.45, 2.75) is 25.7 Å². The molecule has 2 aromatic heterocycles. The van der Waals surface area contributed by atoms with Crippen molar-refractivity contribution in [3.05, 3.63) is 83.3 Å². The van der Waals surface area contributed by atoms with Crippen LogP contribution in [0.2, 0.25) is 5.15 Å². The average molecular weight is 482 g/mol. The van der Waals surface area contributed by atoms with Gasteiger partial charge >= 0.3 is 0 Å². The number of imidazole rings is 1. The molecule has 10 heteroatoms. The van der Waals surface area contributed by atoms with Gasteiger partial charge in [-0.3, -0.25) is 10.1 Å². The Morgan fingerprint density at radius 3 is 2.32 bits per heavy atom. The second-order valence-corrected chi connectivity index (χ2v) is 7.76. The number of carbonyl (C=O) groups is 1. The Hall–Kier alpha value is -3.53. The van der Waals surface area contributed by atoms with Gasteiger partial charge in [-0.15, -0.1) is 0 Å². The smallest absolute Gasteiger partial charge is 0.232 e. The van der Waals surface area contributed by atoms with Crippen molar-refractivity contribution in [2.75, 3.05) is 18.5 Å². The lowest BCUT2D eigenvalue weighted by molar-refractivity contribution is -0.105. The molecule has 0 radical (unpaired) electrons. The maximum Gasteiger partial charge on any atom is 0.232 e. The highest BCUT2D eigenvalue weighted by Crippen LogP contribution is 2.20. The van der Waals surface area contributed by atoms with Crippen LogP contribution in [0.15, 0.2) is 67.0 Å². The Bertz CT molecular complexity index is 1190. The van der Waals surface area contributed by atoms with Gasteiger partial charge in [0.25, 0.3) is 0 Å². The molecule has 4 aromatic rings. The summed E-state index contributed by atoms with van der Waals surface area (Å²) in [6.45, 7) is 1.75. The molecule has 1 amide bonds. The van der Waals surface area contributed by atoms with Gasteiger partial charge in [0, 0.05) is 6.42 Å². The van der Waals surface area contributed by atoms with Crippen molar-refractivity contribution < 1.29 is 19.1 Å². The maximum absolute atomic E-state index is 10.8. The number of amides is 1. The normalized spacial score (nSPS) is 11.9. The minimum atomic E-state index is -0.354. The summed E-state index contributed by atoms with van der Waals surface area (Å²) < 4.78 is 13.2. The molecule has 0 bridgehead atoms. The predicted octanol–water partition coefficient (Wildman–Crippen LogP) is 3.67. The SMILES string of the molecule is O=CNc1nc(Cl)c2ncn(O[C@@H](CCOCc3ccccc3)COCc3ccccc3)c2n1. The van der Waals surface area contributed by atoms with E-state index in [1.807, 2.05) is 60.7 Å². The van der Waals surface area contributed by atoms with Gasteiger partial charge in [0.15, 0.2) is 11.3 Å². The third-order valence-corrected chi connectivity index (χ3v) is 5.15. The van der Waals surface area contributed by atoms with Crippen LogP contribution in [0.25, 0.3) is 11.2 Å². The number of hydrogen-bond donors (Lipinski definition) is 1. The molecule has 0 aliphatic rings. The van der Waals surface area contributed by atoms with Crippen LogP contribution >= 0.6 is 11.6 Å². The first kappa shape index (κ1) is 23.6. The Morgan fingerprint density at radius 2 is 1.65 bits per heavy atom. The van der Waals surface area contributed by atoms with Gasteiger partial charge in [-0.05, 0) is 11.1 Å². The molecule has 9 nitrogen and oxygen atoms in total. The first-order valence-electron chi connectivity index (χ1n) is 10.7. The standard InChI is InChI=1S/C24H24ClN5O4/c25-22-21-23(29-24(28-22)27-17-31)30(16-26-21)34-20(15-33-14-19-9-5-2-6-10-19)11-12-32-13-18-7-3-1-4-8-18/h1-10,16-17,20H,11-15H2,(H,27,28,29,31)/t20-/m0/s1. The van der Waals surface area contributed by atoms with E-state index in [1.54, 1.807) is 0 Å². The highest BCUT2D eigenvalue weighted by Gasteiger charge is 2.17. The Labute approximate surface area is 201 Å². The summed E-state index contributed by atoms with van der Waals surface area (Å²) in [6, 6.07) is 19.9. The molecule has 0 fully saturated rings. The second kappa shape index (κ2) is 12.1. The number of aromatic nitrogens is 4. The average Bonchev–Trinajstić information content (AvgIpc) is 3.26. The third-order valence-electron chi connectivity index (χ3n) is 4.89. The molecule has 2 aromatic carbocycles. The molecule has 1 atom stereocenters. The Kier molecular flexibility index (Phi) is 8.39. The Morgan fingerprint density at radius 1 is 0.971 bits per heavy atom. The number of benzene rings is 2. The van der Waals surface area contributed by atoms with Gasteiger partial charge < -0.3 is 14.3 Å². The lowest BCUT2D eigenvalue weighted by Crippen LogP contribution is -2.31. The lowest BCUT2D eigenvalue weighted by Gasteiger charge is -2.19. The van der Waals surface area contributed by atoms with Crippen molar-refractivity contribution >= 4 is 35.1 Å². The molecule has 1 N–H and O–H groups in total. The molecule has 0 saturated heterocycles. The summed E-state index contributed by atoms with van der Waals surface area (Å²) in [6.07, 6.45) is 2.15. The number of ether oxygens (including phenoxy) is 2. The van der Waals surface area contributed by atoms with E-state index in [4.69, 9.17) is 25.9 Å². The summed E-state index contributed by atoms with van der Waals surface area (Å²) in [4.78, 5) is 29.4. The zero-order valence-electron chi connectivity index (χ0n) is 18.3. The predicted molar refractivity (Wildman–Crippen MR) is 127 cm³/mol. The van der Waals surface area contributed by atoms with Crippen molar-refractivity contribution in [1.29, 1.82) is 0 Å². The zero-order valence-corrected chi connectivity index (χ0v) is 19.1. The topological polar surface area (TPSA) is 100 Å². The maximum atomic E-state index is 10.8. The third kappa shape index (κ3) is 6.50. The molecular formula is C24H24ClN5O4. The first-order valence-corrected chi connectivity index (χ1v) is 11.1. The first-order chi connectivity index (χ1) is 16.7. The summed E-state index contributed by atoms with van der Waals surface area (Å²) >= 11 is 6.18. The van der Waals surface area contributed by atoms with Gasteiger partial charge in [-0.1, -0.05) is 72.3 Å². The lowest BCUT2D eigenvalue weighted by atomic mass is 10.2. The van der Waals surface area contributed by atoms with Gasteiger partial charge in [0.2, 0.25) is 18.0 Å². The number of nitrogens with one attached hydrogen (secondary N) is 1. The van der Waals surface area contributed by atoms with Gasteiger partial charge in [0.05, 0.1) is 26.4 Å². The number of anilines is 1. The quantitative estimate of drug-likeness (QED) is 0.177. The fraction of sp³-hybridized carbons (Fsp3) is 0.250. The van der Waals surface area contributed by atoms with E-state index in [9.17, 15) is 4.79 Å². The van der Waals surface area contributed by atoms with Crippen LogP contribution in [0, 0.1) is 0 Å². The minimum absolute atomic E-state index is 0.0564. The number of fused-ring (bicyclic) bond motifs is 1. The highest BCUT2D eigenvalue weighted by molar-refractivity contribution is 6.33. The van der Waals surface area contributed by atoms with E-state index < -0.39 is 0 Å². The molecule has 4 rings (SSSR count). The van der Waals surface area contributed by atoms with E-state index in [0.29, 0.717) is 50.4 Å². The van der Waals surface area contributed by atoms with Crippen molar-refractivity contribution in [3.63, 3.8) is 0 Å².